The maximum atomic E-state index is 11.1. The summed E-state index contributed by atoms with van der Waals surface area (Å²) in [5.74, 6) is 1.50. The molecule has 0 aliphatic heterocycles. The van der Waals surface area contributed by atoms with Gasteiger partial charge in [-0.25, -0.2) is 0 Å². The Labute approximate surface area is 126 Å². The van der Waals surface area contributed by atoms with Gasteiger partial charge in [-0.3, -0.25) is 4.79 Å². The van der Waals surface area contributed by atoms with Gasteiger partial charge in [-0.05, 0) is 31.4 Å². The molecule has 0 saturated heterocycles. The third-order valence-electron chi connectivity index (χ3n) is 3.12. The number of benzene rings is 1. The first-order chi connectivity index (χ1) is 9.47. The molecule has 0 heterocycles. The molecule has 0 saturated carbocycles. The third kappa shape index (κ3) is 5.04. The van der Waals surface area contributed by atoms with Crippen molar-refractivity contribution in [1.29, 1.82) is 0 Å². The molecule has 0 N–H and O–H groups in total. The number of thioether (sulfide) groups is 1. The van der Waals surface area contributed by atoms with Crippen molar-refractivity contribution in [2.24, 2.45) is 0 Å². The molecule has 0 fully saturated rings. The standard InChI is InChI=1S/C17H24O2S/c1-6-16(19-14(5)18)17(7-2)20-11-15-9-8-12(3)10-13(15)4/h8-10H,6-7,11H2,1-5H3/b17-16+. The first kappa shape index (κ1) is 16.8. The van der Waals surface area contributed by atoms with Crippen LogP contribution in [-0.4, -0.2) is 5.97 Å². The number of aryl methyl sites for hydroxylation is 2. The van der Waals surface area contributed by atoms with Gasteiger partial charge in [-0.15, -0.1) is 11.8 Å². The summed E-state index contributed by atoms with van der Waals surface area (Å²) in [5.41, 5.74) is 3.94. The second-order valence-electron chi connectivity index (χ2n) is 4.87. The fraction of sp³-hybridized carbons (Fsp3) is 0.471. The van der Waals surface area contributed by atoms with Crippen molar-refractivity contribution in [3.05, 3.63) is 45.6 Å². The van der Waals surface area contributed by atoms with Gasteiger partial charge in [-0.2, -0.15) is 0 Å². The number of hydrogen-bond acceptors (Lipinski definition) is 3. The van der Waals surface area contributed by atoms with Crippen LogP contribution in [0.5, 0.6) is 0 Å². The van der Waals surface area contributed by atoms with Crippen molar-refractivity contribution in [2.45, 2.75) is 53.2 Å². The molecule has 0 aliphatic rings. The monoisotopic (exact) mass is 292 g/mol. The van der Waals surface area contributed by atoms with Crippen molar-refractivity contribution < 1.29 is 9.53 Å². The molecule has 20 heavy (non-hydrogen) atoms. The summed E-state index contributed by atoms with van der Waals surface area (Å²) in [5, 5.41) is 0. The minimum Gasteiger partial charge on any atom is -0.430 e. The van der Waals surface area contributed by atoms with Gasteiger partial charge in [0.25, 0.3) is 0 Å². The quantitative estimate of drug-likeness (QED) is 0.537. The molecule has 0 radical (unpaired) electrons. The zero-order valence-electron chi connectivity index (χ0n) is 13.1. The van der Waals surface area contributed by atoms with E-state index in [1.54, 1.807) is 11.8 Å². The summed E-state index contributed by atoms with van der Waals surface area (Å²) in [7, 11) is 0. The highest BCUT2D eigenvalue weighted by molar-refractivity contribution is 8.02. The number of carbonyl (C=O) groups is 1. The zero-order valence-corrected chi connectivity index (χ0v) is 13.9. The summed E-state index contributed by atoms with van der Waals surface area (Å²) in [6.07, 6.45) is 1.65. The van der Waals surface area contributed by atoms with Crippen molar-refractivity contribution in [3.8, 4) is 0 Å². The maximum absolute atomic E-state index is 11.1. The fourth-order valence-corrected chi connectivity index (χ4v) is 3.26. The van der Waals surface area contributed by atoms with E-state index in [4.69, 9.17) is 4.74 Å². The van der Waals surface area contributed by atoms with E-state index < -0.39 is 0 Å². The fourth-order valence-electron chi connectivity index (χ4n) is 2.05. The molecule has 0 bridgehead atoms. The highest BCUT2D eigenvalue weighted by atomic mass is 32.2. The average molecular weight is 292 g/mol. The van der Waals surface area contributed by atoms with Crippen LogP contribution in [-0.2, 0) is 15.3 Å². The lowest BCUT2D eigenvalue weighted by molar-refractivity contribution is -0.137. The number of carbonyl (C=O) groups excluding carboxylic acids is 1. The van der Waals surface area contributed by atoms with Gasteiger partial charge in [0.05, 0.1) is 0 Å². The summed E-state index contributed by atoms with van der Waals surface area (Å²) in [4.78, 5) is 12.3. The Morgan fingerprint density at radius 2 is 1.90 bits per heavy atom. The van der Waals surface area contributed by atoms with E-state index in [0.717, 1.165) is 24.4 Å². The highest BCUT2D eigenvalue weighted by Gasteiger charge is 2.09. The lowest BCUT2D eigenvalue weighted by Gasteiger charge is -2.13. The molecule has 3 heteroatoms. The first-order valence-electron chi connectivity index (χ1n) is 7.07. The van der Waals surface area contributed by atoms with Crippen molar-refractivity contribution in [3.63, 3.8) is 0 Å². The number of rotatable bonds is 6. The van der Waals surface area contributed by atoms with Gasteiger partial charge < -0.3 is 4.74 Å². The second-order valence-corrected chi connectivity index (χ2v) is 5.94. The Bertz CT molecular complexity index is 504. The molecule has 0 atom stereocenters. The average Bonchev–Trinajstić information content (AvgIpc) is 2.39. The van der Waals surface area contributed by atoms with E-state index in [9.17, 15) is 4.79 Å². The number of allylic oxidation sites excluding steroid dienone is 2. The van der Waals surface area contributed by atoms with E-state index in [2.05, 4.69) is 39.0 Å². The van der Waals surface area contributed by atoms with Crippen LogP contribution in [0.25, 0.3) is 0 Å². The van der Waals surface area contributed by atoms with Gasteiger partial charge >= 0.3 is 5.97 Å². The first-order valence-corrected chi connectivity index (χ1v) is 8.05. The number of hydrogen-bond donors (Lipinski definition) is 0. The van der Waals surface area contributed by atoms with Crippen LogP contribution < -0.4 is 0 Å². The smallest absolute Gasteiger partial charge is 0.307 e. The Morgan fingerprint density at radius 1 is 1.20 bits per heavy atom. The van der Waals surface area contributed by atoms with E-state index in [-0.39, 0.29) is 5.97 Å². The molecule has 1 aromatic carbocycles. The number of ether oxygens (including phenoxy) is 1. The molecule has 1 rings (SSSR count). The van der Waals surface area contributed by atoms with Crippen LogP contribution in [0.1, 0.15) is 50.3 Å². The Morgan fingerprint density at radius 3 is 2.40 bits per heavy atom. The van der Waals surface area contributed by atoms with Crippen molar-refractivity contribution in [1.82, 2.24) is 0 Å². The molecular weight excluding hydrogens is 268 g/mol. The molecule has 0 unspecified atom stereocenters. The molecule has 1 aromatic rings. The topological polar surface area (TPSA) is 26.3 Å². The van der Waals surface area contributed by atoms with Crippen LogP contribution in [0.15, 0.2) is 28.9 Å². The largest absolute Gasteiger partial charge is 0.430 e. The minimum atomic E-state index is -0.236. The number of esters is 1. The predicted molar refractivity (Wildman–Crippen MR) is 86.6 cm³/mol. The lowest BCUT2D eigenvalue weighted by atomic mass is 10.1. The Balaban J connectivity index is 2.82. The van der Waals surface area contributed by atoms with Gasteiger partial charge in [0.1, 0.15) is 5.76 Å². The van der Waals surface area contributed by atoms with Gasteiger partial charge in [0, 0.05) is 24.0 Å². The van der Waals surface area contributed by atoms with E-state index in [0.29, 0.717) is 0 Å². The summed E-state index contributed by atoms with van der Waals surface area (Å²) >= 11 is 1.77. The highest BCUT2D eigenvalue weighted by Crippen LogP contribution is 2.30. The molecule has 110 valence electrons. The Kier molecular flexibility index (Phi) is 6.86. The molecule has 0 spiro atoms. The molecule has 0 aromatic heterocycles. The minimum absolute atomic E-state index is 0.236. The lowest BCUT2D eigenvalue weighted by Crippen LogP contribution is -2.01. The summed E-state index contributed by atoms with van der Waals surface area (Å²) < 4.78 is 5.31. The van der Waals surface area contributed by atoms with Gasteiger partial charge in [0.2, 0.25) is 0 Å². The van der Waals surface area contributed by atoms with Gasteiger partial charge in [-0.1, -0.05) is 37.6 Å². The normalized spacial score (nSPS) is 12.1. The molecule has 2 nitrogen and oxygen atoms in total. The van der Waals surface area contributed by atoms with Crippen LogP contribution in [0.2, 0.25) is 0 Å². The van der Waals surface area contributed by atoms with Crippen molar-refractivity contribution in [2.75, 3.05) is 0 Å². The van der Waals surface area contributed by atoms with Gasteiger partial charge in [0.15, 0.2) is 0 Å². The van der Waals surface area contributed by atoms with Crippen molar-refractivity contribution >= 4 is 17.7 Å². The zero-order chi connectivity index (χ0) is 15.1. The molecule has 0 amide bonds. The maximum Gasteiger partial charge on any atom is 0.307 e. The second kappa shape index (κ2) is 8.15. The van der Waals surface area contributed by atoms with E-state index in [1.807, 2.05) is 6.92 Å². The summed E-state index contributed by atoms with van der Waals surface area (Å²) in [6.45, 7) is 9.83. The molecular formula is C17H24O2S. The molecule has 0 aliphatic carbocycles. The van der Waals surface area contributed by atoms with E-state index in [1.165, 1.54) is 28.5 Å². The van der Waals surface area contributed by atoms with Crippen LogP contribution in [0.3, 0.4) is 0 Å². The third-order valence-corrected chi connectivity index (χ3v) is 4.44. The SMILES string of the molecule is CC/C(OC(C)=O)=C(/CC)SCc1ccc(C)cc1C. The Hall–Kier alpha value is -1.22. The predicted octanol–water partition coefficient (Wildman–Crippen LogP) is 5.13. The van der Waals surface area contributed by atoms with Crippen LogP contribution in [0, 0.1) is 13.8 Å². The van der Waals surface area contributed by atoms with E-state index >= 15 is 0 Å². The van der Waals surface area contributed by atoms with Crippen LogP contribution >= 0.6 is 11.8 Å². The van der Waals surface area contributed by atoms with Crippen LogP contribution in [0.4, 0.5) is 0 Å². The summed E-state index contributed by atoms with van der Waals surface area (Å²) in [6, 6.07) is 6.53.